The second kappa shape index (κ2) is 6.18. The fraction of sp³-hybridized carbons (Fsp3) is 0.333. The number of hydrogen-bond acceptors (Lipinski definition) is 2. The van der Waals surface area contributed by atoms with Crippen molar-refractivity contribution in [3.05, 3.63) is 27.6 Å². The summed E-state index contributed by atoms with van der Waals surface area (Å²) in [6.07, 6.45) is 0. The molecule has 0 heterocycles. The Bertz CT molecular complexity index is 499. The molecule has 0 fully saturated rings. The van der Waals surface area contributed by atoms with Gasteiger partial charge < -0.3 is 10.6 Å². The molecule has 4 N–H and O–H groups in total. The first kappa shape index (κ1) is 15.7. The van der Waals surface area contributed by atoms with Gasteiger partial charge in [-0.1, -0.05) is 0 Å². The van der Waals surface area contributed by atoms with Gasteiger partial charge >= 0.3 is 6.03 Å². The largest absolute Gasteiger partial charge is 0.333 e. The van der Waals surface area contributed by atoms with Crippen molar-refractivity contribution < 1.29 is 9.18 Å². The molecule has 0 spiro atoms. The first-order chi connectivity index (χ1) is 8.67. The van der Waals surface area contributed by atoms with E-state index in [4.69, 9.17) is 5.41 Å². The minimum Gasteiger partial charge on any atom is -0.333 e. The van der Waals surface area contributed by atoms with Crippen LogP contribution in [-0.2, 0) is 0 Å². The Morgan fingerprint density at radius 3 is 2.53 bits per heavy atom. The number of guanidine groups is 1. The van der Waals surface area contributed by atoms with Crippen LogP contribution >= 0.6 is 22.6 Å². The van der Waals surface area contributed by atoms with Gasteiger partial charge in [0.15, 0.2) is 0 Å². The van der Waals surface area contributed by atoms with Crippen LogP contribution in [0.5, 0.6) is 0 Å². The van der Waals surface area contributed by atoms with Crippen molar-refractivity contribution in [2.45, 2.75) is 26.3 Å². The fourth-order valence-electron chi connectivity index (χ4n) is 1.23. The Balaban J connectivity index is 2.56. The van der Waals surface area contributed by atoms with Crippen molar-refractivity contribution in [2.24, 2.45) is 0 Å². The van der Waals surface area contributed by atoms with Crippen LogP contribution in [0.2, 0.25) is 0 Å². The highest BCUT2D eigenvalue weighted by Gasteiger charge is 2.14. The van der Waals surface area contributed by atoms with Crippen molar-refractivity contribution in [1.82, 2.24) is 10.6 Å². The molecule has 0 unspecified atom stereocenters. The number of hydrogen-bond donors (Lipinski definition) is 4. The number of urea groups is 1. The molecule has 1 rings (SSSR count). The summed E-state index contributed by atoms with van der Waals surface area (Å²) < 4.78 is 13.5. The van der Waals surface area contributed by atoms with Crippen molar-refractivity contribution in [1.29, 1.82) is 5.41 Å². The first-order valence-electron chi connectivity index (χ1n) is 5.57. The number of nitrogens with one attached hydrogen (secondary N) is 4. The van der Waals surface area contributed by atoms with Gasteiger partial charge in [0.2, 0.25) is 5.96 Å². The molecule has 5 nitrogen and oxygen atoms in total. The molecule has 1 aromatic rings. The Morgan fingerprint density at radius 2 is 2.00 bits per heavy atom. The Labute approximate surface area is 125 Å². The number of halogens is 2. The lowest BCUT2D eigenvalue weighted by Crippen LogP contribution is -2.49. The average Bonchev–Trinajstić information content (AvgIpc) is 2.20. The van der Waals surface area contributed by atoms with Gasteiger partial charge in [0.25, 0.3) is 0 Å². The van der Waals surface area contributed by atoms with E-state index in [0.717, 1.165) is 0 Å². The van der Waals surface area contributed by atoms with Gasteiger partial charge in [0, 0.05) is 11.2 Å². The molecular weight excluding hydrogens is 362 g/mol. The van der Waals surface area contributed by atoms with E-state index in [9.17, 15) is 9.18 Å². The SMILES string of the molecule is CC(C)(C)NC(=O)NC(=N)Nc1ccc(F)c(I)c1. The highest BCUT2D eigenvalue weighted by molar-refractivity contribution is 14.1. The molecule has 2 amide bonds. The average molecular weight is 378 g/mol. The molecular formula is C12H16FIN4O. The van der Waals surface area contributed by atoms with Gasteiger partial charge in [0.05, 0.1) is 3.57 Å². The summed E-state index contributed by atoms with van der Waals surface area (Å²) in [6.45, 7) is 5.52. The molecule has 0 atom stereocenters. The number of anilines is 1. The minimum atomic E-state index is -0.471. The van der Waals surface area contributed by atoms with Crippen LogP contribution < -0.4 is 16.0 Å². The van der Waals surface area contributed by atoms with Crippen molar-refractivity contribution in [3.8, 4) is 0 Å². The fourth-order valence-corrected chi connectivity index (χ4v) is 1.75. The van der Waals surface area contributed by atoms with Crippen LogP contribution in [0.25, 0.3) is 0 Å². The van der Waals surface area contributed by atoms with Crippen LogP contribution in [0.15, 0.2) is 18.2 Å². The lowest BCUT2D eigenvalue weighted by molar-refractivity contribution is 0.236. The molecule has 19 heavy (non-hydrogen) atoms. The van der Waals surface area contributed by atoms with Gasteiger partial charge in [-0.15, -0.1) is 0 Å². The van der Waals surface area contributed by atoms with E-state index in [1.807, 2.05) is 43.4 Å². The van der Waals surface area contributed by atoms with Crippen molar-refractivity contribution in [3.63, 3.8) is 0 Å². The third kappa shape index (κ3) is 5.86. The predicted octanol–water partition coefficient (Wildman–Crippen LogP) is 2.87. The van der Waals surface area contributed by atoms with Gasteiger partial charge in [0.1, 0.15) is 5.82 Å². The normalized spacial score (nSPS) is 10.8. The van der Waals surface area contributed by atoms with E-state index in [1.54, 1.807) is 6.07 Å². The zero-order valence-corrected chi connectivity index (χ0v) is 13.1. The van der Waals surface area contributed by atoms with Crippen LogP contribution in [0.4, 0.5) is 14.9 Å². The Morgan fingerprint density at radius 1 is 1.37 bits per heavy atom. The quantitative estimate of drug-likeness (QED) is 0.345. The lowest BCUT2D eigenvalue weighted by atomic mass is 10.1. The summed E-state index contributed by atoms with van der Waals surface area (Å²) in [5.74, 6) is -0.500. The number of rotatable bonds is 1. The third-order valence-electron chi connectivity index (χ3n) is 1.92. The predicted molar refractivity (Wildman–Crippen MR) is 81.9 cm³/mol. The van der Waals surface area contributed by atoms with Crippen molar-refractivity contribution >= 4 is 40.3 Å². The van der Waals surface area contributed by atoms with E-state index >= 15 is 0 Å². The second-order valence-electron chi connectivity index (χ2n) is 4.96. The van der Waals surface area contributed by atoms with E-state index in [1.165, 1.54) is 12.1 Å². The third-order valence-corrected chi connectivity index (χ3v) is 2.74. The Kier molecular flexibility index (Phi) is 5.10. The standard InChI is InChI=1S/C12H16FIN4O/c1-12(2,3)18-11(19)17-10(15)16-7-4-5-8(13)9(14)6-7/h4-6H,1-3H3,(H4,15,16,17,18,19). The van der Waals surface area contributed by atoms with Crippen LogP contribution in [0.1, 0.15) is 20.8 Å². The zero-order valence-electron chi connectivity index (χ0n) is 10.9. The van der Waals surface area contributed by atoms with E-state index < -0.39 is 6.03 Å². The monoisotopic (exact) mass is 378 g/mol. The van der Waals surface area contributed by atoms with Gasteiger partial charge in [-0.25, -0.2) is 9.18 Å². The molecule has 0 aliphatic rings. The number of benzene rings is 1. The lowest BCUT2D eigenvalue weighted by Gasteiger charge is -2.21. The summed E-state index contributed by atoms with van der Waals surface area (Å²) in [4.78, 5) is 11.5. The minimum absolute atomic E-state index is 0.177. The van der Waals surface area contributed by atoms with E-state index in [2.05, 4.69) is 16.0 Å². The van der Waals surface area contributed by atoms with Crippen LogP contribution in [-0.4, -0.2) is 17.5 Å². The molecule has 0 aromatic heterocycles. The smallest absolute Gasteiger partial charge is 0.321 e. The molecule has 0 aliphatic heterocycles. The van der Waals surface area contributed by atoms with Gasteiger partial charge in [-0.3, -0.25) is 10.7 Å². The summed E-state index contributed by atoms with van der Waals surface area (Å²) in [5, 5.41) is 15.3. The van der Waals surface area contributed by atoms with E-state index in [0.29, 0.717) is 9.26 Å². The molecule has 1 aromatic carbocycles. The molecule has 0 saturated carbocycles. The van der Waals surface area contributed by atoms with Gasteiger partial charge in [-0.2, -0.15) is 0 Å². The van der Waals surface area contributed by atoms with Crippen LogP contribution in [0.3, 0.4) is 0 Å². The molecule has 7 heteroatoms. The maximum absolute atomic E-state index is 13.1. The Hall–Kier alpha value is -1.38. The zero-order chi connectivity index (χ0) is 14.6. The van der Waals surface area contributed by atoms with Crippen molar-refractivity contribution in [2.75, 3.05) is 5.32 Å². The van der Waals surface area contributed by atoms with E-state index in [-0.39, 0.29) is 17.3 Å². The van der Waals surface area contributed by atoms with Crippen LogP contribution in [0, 0.1) is 14.8 Å². The number of amides is 2. The van der Waals surface area contributed by atoms with Gasteiger partial charge in [-0.05, 0) is 61.6 Å². The highest BCUT2D eigenvalue weighted by atomic mass is 127. The second-order valence-corrected chi connectivity index (χ2v) is 6.12. The molecule has 0 bridgehead atoms. The maximum Gasteiger partial charge on any atom is 0.321 e. The molecule has 104 valence electrons. The summed E-state index contributed by atoms with van der Waals surface area (Å²) in [5.41, 5.74) is 0.155. The summed E-state index contributed by atoms with van der Waals surface area (Å²) in [6, 6.07) is 3.87. The number of carbonyl (C=O) groups is 1. The topological polar surface area (TPSA) is 77.0 Å². The number of carbonyl (C=O) groups excluding carboxylic acids is 1. The molecule has 0 aliphatic carbocycles. The molecule has 0 saturated heterocycles. The molecule has 0 radical (unpaired) electrons. The summed E-state index contributed by atoms with van der Waals surface area (Å²) in [7, 11) is 0. The maximum atomic E-state index is 13.1. The summed E-state index contributed by atoms with van der Waals surface area (Å²) >= 11 is 1.85. The highest BCUT2D eigenvalue weighted by Crippen LogP contribution is 2.16. The first-order valence-corrected chi connectivity index (χ1v) is 6.65.